The molecule has 36 heavy (non-hydrogen) atoms. The van der Waals surface area contributed by atoms with Crippen molar-refractivity contribution in [3.05, 3.63) is 69.7 Å². The lowest BCUT2D eigenvalue weighted by molar-refractivity contribution is -0.163. The van der Waals surface area contributed by atoms with Gasteiger partial charge in [-0.2, -0.15) is 0 Å². The van der Waals surface area contributed by atoms with Crippen LogP contribution in [0.4, 0.5) is 0 Å². The molecule has 6 nitrogen and oxygen atoms in total. The standard InChI is InChI=1S/C28H34Cl2N2O4/c1-6-22(25(35)31-27(2,3)4)32-24(17-10-12-19(29)13-11-17)21(18-8-7-9-20(30)14-18)15-28(5,26(32)36)16-23(33)34/h7-14,21-22,24H,6,15-16H2,1-5H3,(H,31,35)(H,33,34)/t21-,22+,24-,28+/m1/s1. The third kappa shape index (κ3) is 6.22. The van der Waals surface area contributed by atoms with Crippen LogP contribution in [0.5, 0.6) is 0 Å². The van der Waals surface area contributed by atoms with E-state index in [9.17, 15) is 19.5 Å². The Hall–Kier alpha value is -2.57. The number of carboxylic acids is 1. The smallest absolute Gasteiger partial charge is 0.304 e. The number of nitrogens with one attached hydrogen (secondary N) is 1. The van der Waals surface area contributed by atoms with E-state index in [4.69, 9.17) is 23.2 Å². The number of amides is 2. The lowest BCUT2D eigenvalue weighted by Gasteiger charge is -2.51. The number of carboxylic acid groups (broad SMARTS) is 1. The van der Waals surface area contributed by atoms with Crippen LogP contribution in [0.25, 0.3) is 0 Å². The lowest BCUT2D eigenvalue weighted by Crippen LogP contribution is -2.60. The fourth-order valence-corrected chi connectivity index (χ4v) is 5.51. The highest BCUT2D eigenvalue weighted by Crippen LogP contribution is 2.52. The average molecular weight is 533 g/mol. The quantitative estimate of drug-likeness (QED) is 0.442. The number of carbonyl (C=O) groups is 3. The highest BCUT2D eigenvalue weighted by atomic mass is 35.5. The lowest BCUT2D eigenvalue weighted by atomic mass is 9.67. The van der Waals surface area contributed by atoms with Gasteiger partial charge >= 0.3 is 5.97 Å². The summed E-state index contributed by atoms with van der Waals surface area (Å²) in [5.41, 5.74) is -0.0211. The van der Waals surface area contributed by atoms with E-state index in [0.29, 0.717) is 22.9 Å². The monoisotopic (exact) mass is 532 g/mol. The fraction of sp³-hybridized carbons (Fsp3) is 0.464. The molecule has 0 unspecified atom stereocenters. The summed E-state index contributed by atoms with van der Waals surface area (Å²) in [7, 11) is 0. The molecule has 2 N–H and O–H groups in total. The van der Waals surface area contributed by atoms with Gasteiger partial charge in [0.25, 0.3) is 0 Å². The van der Waals surface area contributed by atoms with Gasteiger partial charge in [0, 0.05) is 21.5 Å². The summed E-state index contributed by atoms with van der Waals surface area (Å²) in [4.78, 5) is 41.2. The van der Waals surface area contributed by atoms with Crippen LogP contribution in [-0.2, 0) is 14.4 Å². The van der Waals surface area contributed by atoms with E-state index in [1.54, 1.807) is 30.0 Å². The molecular weight excluding hydrogens is 499 g/mol. The van der Waals surface area contributed by atoms with Gasteiger partial charge in [0.05, 0.1) is 17.9 Å². The third-order valence-corrected chi connectivity index (χ3v) is 7.14. The van der Waals surface area contributed by atoms with Crippen LogP contribution in [0.3, 0.4) is 0 Å². The second kappa shape index (κ2) is 10.8. The van der Waals surface area contributed by atoms with Crippen LogP contribution in [0.2, 0.25) is 10.0 Å². The summed E-state index contributed by atoms with van der Waals surface area (Å²) in [6.45, 7) is 9.19. The average Bonchev–Trinajstić information content (AvgIpc) is 2.76. The van der Waals surface area contributed by atoms with Gasteiger partial charge in [-0.05, 0) is 69.0 Å². The number of halogens is 2. The highest BCUT2D eigenvalue weighted by molar-refractivity contribution is 6.30. The number of hydrogen-bond donors (Lipinski definition) is 2. The second-order valence-electron chi connectivity index (χ2n) is 10.9. The Labute approximate surface area is 223 Å². The molecule has 8 heteroatoms. The fourth-order valence-electron chi connectivity index (χ4n) is 5.18. The third-order valence-electron chi connectivity index (χ3n) is 6.66. The number of carbonyl (C=O) groups excluding carboxylic acids is 2. The van der Waals surface area contributed by atoms with E-state index in [2.05, 4.69) is 5.32 Å². The number of nitrogens with zero attached hydrogens (tertiary/aromatic N) is 1. The van der Waals surface area contributed by atoms with Gasteiger partial charge in [0.1, 0.15) is 6.04 Å². The topological polar surface area (TPSA) is 86.7 Å². The number of likely N-dealkylation sites (tertiary alicyclic amines) is 1. The highest BCUT2D eigenvalue weighted by Gasteiger charge is 2.53. The Kier molecular flexibility index (Phi) is 8.41. The molecule has 1 aliphatic heterocycles. The van der Waals surface area contributed by atoms with E-state index in [0.717, 1.165) is 11.1 Å². The Morgan fingerprint density at radius 1 is 1.11 bits per heavy atom. The molecule has 0 spiro atoms. The predicted molar refractivity (Wildman–Crippen MR) is 142 cm³/mol. The zero-order valence-electron chi connectivity index (χ0n) is 21.3. The Bertz CT molecular complexity index is 1130. The van der Waals surface area contributed by atoms with Crippen molar-refractivity contribution in [1.29, 1.82) is 0 Å². The van der Waals surface area contributed by atoms with Gasteiger partial charge in [-0.3, -0.25) is 14.4 Å². The molecular formula is C28H34Cl2N2O4. The van der Waals surface area contributed by atoms with E-state index in [1.165, 1.54) is 0 Å². The van der Waals surface area contributed by atoms with Crippen LogP contribution >= 0.6 is 23.2 Å². The van der Waals surface area contributed by atoms with Crippen molar-refractivity contribution in [3.8, 4) is 0 Å². The number of piperidine rings is 1. The van der Waals surface area contributed by atoms with Crippen molar-refractivity contribution < 1.29 is 19.5 Å². The molecule has 3 rings (SSSR count). The molecule has 0 aromatic heterocycles. The summed E-state index contributed by atoms with van der Waals surface area (Å²) in [5, 5.41) is 13.8. The first-order valence-electron chi connectivity index (χ1n) is 12.1. The van der Waals surface area contributed by atoms with Crippen molar-refractivity contribution in [3.63, 3.8) is 0 Å². The van der Waals surface area contributed by atoms with Crippen molar-refractivity contribution in [2.24, 2.45) is 5.41 Å². The first-order chi connectivity index (χ1) is 16.8. The van der Waals surface area contributed by atoms with Gasteiger partial charge in [0.15, 0.2) is 0 Å². The molecule has 4 atom stereocenters. The predicted octanol–water partition coefficient (Wildman–Crippen LogP) is 6.22. The van der Waals surface area contributed by atoms with E-state index in [1.807, 2.05) is 58.0 Å². The van der Waals surface area contributed by atoms with Crippen molar-refractivity contribution in [2.45, 2.75) is 77.4 Å². The van der Waals surface area contributed by atoms with Crippen LogP contribution < -0.4 is 5.32 Å². The molecule has 1 aliphatic rings. The first kappa shape index (κ1) is 28.0. The maximum atomic E-state index is 14.2. The number of rotatable bonds is 7. The van der Waals surface area contributed by atoms with Crippen LogP contribution in [0, 0.1) is 5.41 Å². The van der Waals surface area contributed by atoms with E-state index >= 15 is 0 Å². The number of aliphatic carboxylic acids is 1. The van der Waals surface area contributed by atoms with Gasteiger partial charge in [-0.1, -0.05) is 61.3 Å². The summed E-state index contributed by atoms with van der Waals surface area (Å²) in [6, 6.07) is 13.3. The minimum absolute atomic E-state index is 0.276. The van der Waals surface area contributed by atoms with Crippen molar-refractivity contribution in [1.82, 2.24) is 10.2 Å². The maximum absolute atomic E-state index is 14.2. The molecule has 1 fully saturated rings. The molecule has 0 saturated carbocycles. The van der Waals surface area contributed by atoms with Gasteiger partial charge in [0.2, 0.25) is 11.8 Å². The van der Waals surface area contributed by atoms with Crippen molar-refractivity contribution in [2.75, 3.05) is 0 Å². The summed E-state index contributed by atoms with van der Waals surface area (Å²) < 4.78 is 0. The van der Waals surface area contributed by atoms with Crippen LogP contribution in [0.1, 0.15) is 77.0 Å². The zero-order chi connectivity index (χ0) is 26.8. The Morgan fingerprint density at radius 3 is 2.28 bits per heavy atom. The van der Waals surface area contributed by atoms with Crippen LogP contribution in [-0.4, -0.2) is 39.4 Å². The van der Waals surface area contributed by atoms with E-state index < -0.39 is 29.0 Å². The number of benzene rings is 2. The molecule has 1 heterocycles. The Morgan fingerprint density at radius 2 is 1.75 bits per heavy atom. The van der Waals surface area contributed by atoms with E-state index in [-0.39, 0.29) is 24.2 Å². The minimum Gasteiger partial charge on any atom is -0.481 e. The zero-order valence-corrected chi connectivity index (χ0v) is 22.9. The normalized spacial score (nSPS) is 23.3. The molecule has 1 saturated heterocycles. The molecule has 0 radical (unpaired) electrons. The molecule has 2 aromatic carbocycles. The molecule has 0 aliphatic carbocycles. The molecule has 0 bridgehead atoms. The second-order valence-corrected chi connectivity index (χ2v) is 11.7. The minimum atomic E-state index is -1.21. The summed E-state index contributed by atoms with van der Waals surface area (Å²) in [6.07, 6.45) is 0.312. The molecule has 2 amide bonds. The van der Waals surface area contributed by atoms with Gasteiger partial charge < -0.3 is 15.3 Å². The van der Waals surface area contributed by atoms with Gasteiger partial charge in [-0.15, -0.1) is 0 Å². The summed E-state index contributed by atoms with van der Waals surface area (Å²) >= 11 is 12.5. The van der Waals surface area contributed by atoms with Crippen molar-refractivity contribution >= 4 is 41.0 Å². The SMILES string of the molecule is CC[C@@H](C(=O)NC(C)(C)C)N1C(=O)[C@](C)(CC(=O)O)C[C@H](c2cccc(Cl)c2)[C@H]1c1ccc(Cl)cc1. The largest absolute Gasteiger partial charge is 0.481 e. The van der Waals surface area contributed by atoms with Gasteiger partial charge in [-0.25, -0.2) is 0 Å². The Balaban J connectivity index is 2.25. The van der Waals surface area contributed by atoms with Crippen LogP contribution in [0.15, 0.2) is 48.5 Å². The maximum Gasteiger partial charge on any atom is 0.304 e. The molecule has 194 valence electrons. The summed E-state index contributed by atoms with van der Waals surface area (Å²) in [5.74, 6) is -1.99. The number of hydrogen-bond acceptors (Lipinski definition) is 3. The molecule has 2 aromatic rings. The first-order valence-corrected chi connectivity index (χ1v) is 12.9.